The summed E-state index contributed by atoms with van der Waals surface area (Å²) in [5, 5.41) is 11.4. The summed E-state index contributed by atoms with van der Waals surface area (Å²) in [4.78, 5) is 6.64. The molecule has 0 bridgehead atoms. The molecule has 4 nitrogen and oxygen atoms in total. The number of hydrogen-bond acceptors (Lipinski definition) is 4. The Morgan fingerprint density at radius 3 is 2.68 bits per heavy atom. The monoisotopic (exact) mass is 294 g/mol. The van der Waals surface area contributed by atoms with Crippen molar-refractivity contribution >= 4 is 5.84 Å². The number of fused-ring (bicyclic) bond motifs is 3. The summed E-state index contributed by atoms with van der Waals surface area (Å²) in [6.07, 6.45) is 0.564. The second kappa shape index (κ2) is 4.85. The maximum absolute atomic E-state index is 11.4. The fourth-order valence-corrected chi connectivity index (χ4v) is 3.41. The minimum Gasteiger partial charge on any atom is -0.497 e. The predicted octanol–water partition coefficient (Wildman–Crippen LogP) is 2.16. The highest BCUT2D eigenvalue weighted by molar-refractivity contribution is 6.02. The van der Waals surface area contributed by atoms with Crippen LogP contribution in [0.5, 0.6) is 5.75 Å². The molecule has 112 valence electrons. The van der Waals surface area contributed by atoms with Crippen LogP contribution in [-0.2, 0) is 12.1 Å². The second-order valence-corrected chi connectivity index (χ2v) is 5.74. The molecule has 4 heteroatoms. The Balaban J connectivity index is 1.83. The van der Waals surface area contributed by atoms with Gasteiger partial charge in [-0.15, -0.1) is 0 Å². The Labute approximate surface area is 129 Å². The summed E-state index contributed by atoms with van der Waals surface area (Å²) in [6, 6.07) is 15.8. The second-order valence-electron chi connectivity index (χ2n) is 5.74. The first-order valence-electron chi connectivity index (χ1n) is 7.50. The normalized spacial score (nSPS) is 22.8. The number of methoxy groups -OCH3 is 1. The Morgan fingerprint density at radius 1 is 1.14 bits per heavy atom. The molecule has 2 aliphatic rings. The zero-order valence-corrected chi connectivity index (χ0v) is 12.5. The first kappa shape index (κ1) is 13.3. The van der Waals surface area contributed by atoms with Crippen LogP contribution in [0.15, 0.2) is 53.5 Å². The highest BCUT2D eigenvalue weighted by atomic mass is 16.5. The highest BCUT2D eigenvalue weighted by Crippen LogP contribution is 2.38. The van der Waals surface area contributed by atoms with Crippen molar-refractivity contribution < 1.29 is 9.84 Å². The number of rotatable bonds is 2. The smallest absolute Gasteiger partial charge is 0.169 e. The fourth-order valence-electron chi connectivity index (χ4n) is 3.41. The van der Waals surface area contributed by atoms with E-state index in [4.69, 9.17) is 4.74 Å². The Bertz CT molecular complexity index is 739. The molecule has 1 atom stereocenters. The highest BCUT2D eigenvalue weighted by Gasteiger charge is 2.44. The lowest BCUT2D eigenvalue weighted by Crippen LogP contribution is -2.53. The van der Waals surface area contributed by atoms with Gasteiger partial charge < -0.3 is 14.7 Å². The Hall–Kier alpha value is -2.33. The van der Waals surface area contributed by atoms with Crippen LogP contribution in [0.3, 0.4) is 0 Å². The standard InChI is InChI=1S/C18H18N2O2/c1-22-15-8-6-14(7-9-15)18(21)12-13-4-2-3-5-16(13)17-19-10-11-20(17)18/h2-9,21H,10-12H2,1H3/t18-/m0/s1. The number of hydrogen-bond donors (Lipinski definition) is 1. The van der Waals surface area contributed by atoms with Crippen LogP contribution < -0.4 is 4.74 Å². The summed E-state index contributed by atoms with van der Waals surface area (Å²) in [5.74, 6) is 1.69. The van der Waals surface area contributed by atoms with Crippen molar-refractivity contribution in [3.05, 3.63) is 65.2 Å². The topological polar surface area (TPSA) is 45.1 Å². The molecule has 0 aromatic heterocycles. The lowest BCUT2D eigenvalue weighted by Gasteiger charge is -2.43. The summed E-state index contributed by atoms with van der Waals surface area (Å²) in [6.45, 7) is 1.47. The molecule has 0 amide bonds. The summed E-state index contributed by atoms with van der Waals surface area (Å²) in [5.41, 5.74) is 2.10. The third-order valence-electron chi connectivity index (χ3n) is 4.53. The minimum absolute atomic E-state index is 0.564. The van der Waals surface area contributed by atoms with Gasteiger partial charge in [-0.2, -0.15) is 0 Å². The Morgan fingerprint density at radius 2 is 1.91 bits per heavy atom. The molecule has 2 aromatic rings. The summed E-state index contributed by atoms with van der Waals surface area (Å²) < 4.78 is 5.21. The maximum atomic E-state index is 11.4. The number of ether oxygens (including phenoxy) is 1. The quantitative estimate of drug-likeness (QED) is 0.923. The fraction of sp³-hybridized carbons (Fsp3) is 0.278. The van der Waals surface area contributed by atoms with Crippen molar-refractivity contribution in [2.75, 3.05) is 20.2 Å². The van der Waals surface area contributed by atoms with E-state index in [9.17, 15) is 5.11 Å². The van der Waals surface area contributed by atoms with Crippen molar-refractivity contribution in [2.24, 2.45) is 4.99 Å². The van der Waals surface area contributed by atoms with E-state index in [1.807, 2.05) is 41.3 Å². The zero-order chi connectivity index (χ0) is 15.2. The van der Waals surface area contributed by atoms with Gasteiger partial charge in [0.25, 0.3) is 0 Å². The van der Waals surface area contributed by atoms with Crippen molar-refractivity contribution in [3.63, 3.8) is 0 Å². The lowest BCUT2D eigenvalue weighted by atomic mass is 9.86. The molecule has 0 aliphatic carbocycles. The maximum Gasteiger partial charge on any atom is 0.169 e. The van der Waals surface area contributed by atoms with Crippen LogP contribution in [0.25, 0.3) is 0 Å². The molecule has 0 saturated carbocycles. The van der Waals surface area contributed by atoms with Crippen LogP contribution in [0.2, 0.25) is 0 Å². The SMILES string of the molecule is COc1ccc([C@@]2(O)Cc3ccccc3C3=NCCN32)cc1. The Kier molecular flexibility index (Phi) is 2.94. The molecule has 0 fully saturated rings. The van der Waals surface area contributed by atoms with Crippen molar-refractivity contribution in [2.45, 2.75) is 12.1 Å². The van der Waals surface area contributed by atoms with Gasteiger partial charge in [-0.1, -0.05) is 36.4 Å². The zero-order valence-electron chi connectivity index (χ0n) is 12.5. The molecule has 0 unspecified atom stereocenters. The van der Waals surface area contributed by atoms with Crippen LogP contribution in [0, 0.1) is 0 Å². The third-order valence-corrected chi connectivity index (χ3v) is 4.53. The van der Waals surface area contributed by atoms with Crippen LogP contribution in [-0.4, -0.2) is 36.0 Å². The van der Waals surface area contributed by atoms with Gasteiger partial charge >= 0.3 is 0 Å². The number of aliphatic imine (C=N–C) groups is 1. The van der Waals surface area contributed by atoms with E-state index >= 15 is 0 Å². The van der Waals surface area contributed by atoms with Gasteiger partial charge in [-0.05, 0) is 17.7 Å². The number of benzene rings is 2. The van der Waals surface area contributed by atoms with E-state index in [1.54, 1.807) is 7.11 Å². The van der Waals surface area contributed by atoms with Crippen molar-refractivity contribution in [1.82, 2.24) is 4.90 Å². The van der Waals surface area contributed by atoms with E-state index in [1.165, 1.54) is 0 Å². The largest absolute Gasteiger partial charge is 0.497 e. The average Bonchev–Trinajstić information content (AvgIpc) is 3.06. The number of nitrogens with zero attached hydrogens (tertiary/aromatic N) is 2. The van der Waals surface area contributed by atoms with E-state index < -0.39 is 5.72 Å². The van der Waals surface area contributed by atoms with Crippen LogP contribution in [0.4, 0.5) is 0 Å². The van der Waals surface area contributed by atoms with Crippen LogP contribution in [0.1, 0.15) is 16.7 Å². The predicted molar refractivity (Wildman–Crippen MR) is 85.1 cm³/mol. The van der Waals surface area contributed by atoms with Gasteiger partial charge in [0.2, 0.25) is 0 Å². The van der Waals surface area contributed by atoms with Crippen molar-refractivity contribution in [3.8, 4) is 5.75 Å². The lowest BCUT2D eigenvalue weighted by molar-refractivity contribution is -0.0745. The molecule has 2 aromatic carbocycles. The summed E-state index contributed by atoms with van der Waals surface area (Å²) in [7, 11) is 1.64. The molecular weight excluding hydrogens is 276 g/mol. The molecule has 1 N–H and O–H groups in total. The van der Waals surface area contributed by atoms with E-state index in [2.05, 4.69) is 17.1 Å². The molecule has 0 saturated heterocycles. The van der Waals surface area contributed by atoms with Crippen molar-refractivity contribution in [1.29, 1.82) is 0 Å². The van der Waals surface area contributed by atoms with Gasteiger partial charge in [0.1, 0.15) is 11.6 Å². The number of aliphatic hydroxyl groups is 1. The molecular formula is C18H18N2O2. The first-order valence-corrected chi connectivity index (χ1v) is 7.50. The van der Waals surface area contributed by atoms with Gasteiger partial charge in [-0.25, -0.2) is 0 Å². The molecule has 22 heavy (non-hydrogen) atoms. The van der Waals surface area contributed by atoms with Gasteiger partial charge in [0.05, 0.1) is 13.7 Å². The molecule has 0 radical (unpaired) electrons. The average molecular weight is 294 g/mol. The van der Waals surface area contributed by atoms with Gasteiger partial charge in [0, 0.05) is 24.1 Å². The third kappa shape index (κ3) is 1.84. The molecule has 2 aliphatic heterocycles. The van der Waals surface area contributed by atoms with Crippen LogP contribution >= 0.6 is 0 Å². The minimum atomic E-state index is -1.05. The molecule has 0 spiro atoms. The van der Waals surface area contributed by atoms with E-state index in [0.717, 1.165) is 41.4 Å². The van der Waals surface area contributed by atoms with Gasteiger partial charge in [0.15, 0.2) is 5.72 Å². The molecule has 2 heterocycles. The van der Waals surface area contributed by atoms with E-state index in [-0.39, 0.29) is 0 Å². The summed E-state index contributed by atoms with van der Waals surface area (Å²) >= 11 is 0. The first-order chi connectivity index (χ1) is 10.7. The number of amidine groups is 1. The molecule has 4 rings (SSSR count). The van der Waals surface area contributed by atoms with E-state index in [0.29, 0.717) is 6.42 Å². The van der Waals surface area contributed by atoms with Gasteiger partial charge in [-0.3, -0.25) is 4.99 Å².